The first-order chi connectivity index (χ1) is 8.70. The van der Waals surface area contributed by atoms with Crippen LogP contribution in [0.15, 0.2) is 22.7 Å². The third kappa shape index (κ3) is 3.45. The summed E-state index contributed by atoms with van der Waals surface area (Å²) in [4.78, 5) is 0. The van der Waals surface area contributed by atoms with Gasteiger partial charge in [-0.1, -0.05) is 15.9 Å². The average Bonchev–Trinajstić information content (AvgIpc) is 2.40. The summed E-state index contributed by atoms with van der Waals surface area (Å²) in [5.41, 5.74) is 0.943. The van der Waals surface area contributed by atoms with E-state index in [0.29, 0.717) is 6.42 Å². The van der Waals surface area contributed by atoms with Gasteiger partial charge in [0.1, 0.15) is 11.9 Å². The molecular formula is C14H19BrFNO. The molecule has 1 aliphatic rings. The summed E-state index contributed by atoms with van der Waals surface area (Å²) in [7, 11) is 1.63. The molecule has 0 spiro atoms. The number of ether oxygens (including phenoxy) is 1. The fourth-order valence-electron chi connectivity index (χ4n) is 2.49. The maximum Gasteiger partial charge on any atom is 0.122 e. The maximum atomic E-state index is 14.3. The molecule has 0 aliphatic carbocycles. The Morgan fingerprint density at radius 1 is 1.44 bits per heavy atom. The van der Waals surface area contributed by atoms with Crippen molar-refractivity contribution in [2.75, 3.05) is 20.2 Å². The van der Waals surface area contributed by atoms with Crippen molar-refractivity contribution < 1.29 is 9.13 Å². The van der Waals surface area contributed by atoms with Crippen molar-refractivity contribution in [3.63, 3.8) is 0 Å². The van der Waals surface area contributed by atoms with Crippen molar-refractivity contribution in [1.29, 1.82) is 0 Å². The molecular weight excluding hydrogens is 297 g/mol. The minimum Gasteiger partial charge on any atom is -0.496 e. The highest BCUT2D eigenvalue weighted by Crippen LogP contribution is 2.28. The number of hydrogen-bond donors (Lipinski definition) is 1. The van der Waals surface area contributed by atoms with Crippen LogP contribution in [0.25, 0.3) is 0 Å². The second-order valence-electron chi connectivity index (χ2n) is 4.76. The molecule has 1 unspecified atom stereocenters. The zero-order chi connectivity index (χ0) is 13.0. The van der Waals surface area contributed by atoms with E-state index in [-0.39, 0.29) is 5.92 Å². The number of rotatable bonds is 4. The normalized spacial score (nSPS) is 18.6. The minimum atomic E-state index is -0.782. The molecule has 1 fully saturated rings. The van der Waals surface area contributed by atoms with E-state index in [1.165, 1.54) is 0 Å². The largest absolute Gasteiger partial charge is 0.496 e. The van der Waals surface area contributed by atoms with Gasteiger partial charge in [-0.05, 0) is 55.6 Å². The van der Waals surface area contributed by atoms with Crippen molar-refractivity contribution >= 4 is 15.9 Å². The van der Waals surface area contributed by atoms with E-state index in [4.69, 9.17) is 4.74 Å². The van der Waals surface area contributed by atoms with Gasteiger partial charge in [-0.2, -0.15) is 0 Å². The number of hydrogen-bond acceptors (Lipinski definition) is 2. The molecule has 0 radical (unpaired) electrons. The van der Waals surface area contributed by atoms with E-state index in [1.807, 2.05) is 18.2 Å². The Morgan fingerprint density at radius 2 is 2.17 bits per heavy atom. The molecule has 1 aromatic rings. The van der Waals surface area contributed by atoms with Crippen LogP contribution in [0.4, 0.5) is 4.39 Å². The molecule has 1 aliphatic heterocycles. The van der Waals surface area contributed by atoms with Gasteiger partial charge in [0.2, 0.25) is 0 Å². The lowest BCUT2D eigenvalue weighted by Gasteiger charge is -2.26. The zero-order valence-corrected chi connectivity index (χ0v) is 12.2. The predicted octanol–water partition coefficient (Wildman–Crippen LogP) is 3.34. The monoisotopic (exact) mass is 315 g/mol. The zero-order valence-electron chi connectivity index (χ0n) is 10.6. The van der Waals surface area contributed by atoms with Crippen LogP contribution in [0.3, 0.4) is 0 Å². The quantitative estimate of drug-likeness (QED) is 0.920. The van der Waals surface area contributed by atoms with Crippen LogP contribution < -0.4 is 10.1 Å². The molecule has 100 valence electrons. The molecule has 18 heavy (non-hydrogen) atoms. The van der Waals surface area contributed by atoms with Crippen LogP contribution in [-0.4, -0.2) is 26.4 Å². The van der Waals surface area contributed by atoms with Crippen molar-refractivity contribution in [2.24, 2.45) is 5.92 Å². The molecule has 2 rings (SSSR count). The Labute approximate surface area is 116 Å². The summed E-state index contributed by atoms with van der Waals surface area (Å²) >= 11 is 3.42. The minimum absolute atomic E-state index is 0.176. The van der Waals surface area contributed by atoms with E-state index in [0.717, 1.165) is 41.7 Å². The van der Waals surface area contributed by atoms with Crippen molar-refractivity contribution in [2.45, 2.75) is 25.4 Å². The Morgan fingerprint density at radius 3 is 2.83 bits per heavy atom. The highest BCUT2D eigenvalue weighted by molar-refractivity contribution is 9.10. The standard InChI is InChI=1S/C14H19BrFNO/c1-18-14-3-2-12(15)8-11(14)9-13(16)10-4-6-17-7-5-10/h2-3,8,10,13,17H,4-7,9H2,1H3. The number of benzene rings is 1. The predicted molar refractivity (Wildman–Crippen MR) is 74.9 cm³/mol. The van der Waals surface area contributed by atoms with E-state index in [2.05, 4.69) is 21.2 Å². The third-order valence-corrected chi connectivity index (χ3v) is 4.05. The summed E-state index contributed by atoms with van der Waals surface area (Å²) in [6.07, 6.45) is 1.51. The molecule has 1 heterocycles. The van der Waals surface area contributed by atoms with Gasteiger partial charge >= 0.3 is 0 Å². The third-order valence-electron chi connectivity index (χ3n) is 3.55. The van der Waals surface area contributed by atoms with Gasteiger partial charge in [0.05, 0.1) is 7.11 Å². The van der Waals surface area contributed by atoms with Gasteiger partial charge < -0.3 is 10.1 Å². The molecule has 1 N–H and O–H groups in total. The lowest BCUT2D eigenvalue weighted by atomic mass is 9.89. The molecule has 0 amide bonds. The van der Waals surface area contributed by atoms with Crippen LogP contribution in [0.1, 0.15) is 18.4 Å². The summed E-state index contributed by atoms with van der Waals surface area (Å²) < 4.78 is 20.6. The van der Waals surface area contributed by atoms with Crippen molar-refractivity contribution in [3.8, 4) is 5.75 Å². The van der Waals surface area contributed by atoms with Crippen LogP contribution in [-0.2, 0) is 6.42 Å². The smallest absolute Gasteiger partial charge is 0.122 e. The molecule has 0 saturated carbocycles. The van der Waals surface area contributed by atoms with Gasteiger partial charge in [0.15, 0.2) is 0 Å². The molecule has 2 nitrogen and oxygen atoms in total. The maximum absolute atomic E-state index is 14.3. The Kier molecular flexibility index (Phi) is 5.01. The van der Waals surface area contributed by atoms with E-state index in [1.54, 1.807) is 7.11 Å². The van der Waals surface area contributed by atoms with Crippen LogP contribution in [0.5, 0.6) is 5.75 Å². The summed E-state index contributed by atoms with van der Waals surface area (Å²) in [5, 5.41) is 3.27. The van der Waals surface area contributed by atoms with Gasteiger partial charge in [0, 0.05) is 10.9 Å². The second kappa shape index (κ2) is 6.53. The van der Waals surface area contributed by atoms with E-state index < -0.39 is 6.17 Å². The first-order valence-corrected chi connectivity index (χ1v) is 7.17. The van der Waals surface area contributed by atoms with Gasteiger partial charge in [-0.15, -0.1) is 0 Å². The summed E-state index contributed by atoms with van der Waals surface area (Å²) in [5.74, 6) is 0.949. The van der Waals surface area contributed by atoms with Gasteiger partial charge in [-0.3, -0.25) is 0 Å². The number of nitrogens with one attached hydrogen (secondary N) is 1. The van der Waals surface area contributed by atoms with Crippen molar-refractivity contribution in [1.82, 2.24) is 5.32 Å². The highest BCUT2D eigenvalue weighted by atomic mass is 79.9. The number of alkyl halides is 1. The average molecular weight is 316 g/mol. The second-order valence-corrected chi connectivity index (χ2v) is 5.68. The first kappa shape index (κ1) is 13.8. The van der Waals surface area contributed by atoms with Crippen molar-refractivity contribution in [3.05, 3.63) is 28.2 Å². The highest BCUT2D eigenvalue weighted by Gasteiger charge is 2.24. The Hall–Kier alpha value is -0.610. The summed E-state index contributed by atoms with van der Waals surface area (Å²) in [6, 6.07) is 5.75. The lowest BCUT2D eigenvalue weighted by Crippen LogP contribution is -2.33. The van der Waals surface area contributed by atoms with Crippen LogP contribution >= 0.6 is 15.9 Å². The molecule has 1 atom stereocenters. The number of piperidine rings is 1. The Bertz CT molecular complexity index is 393. The fraction of sp³-hybridized carbons (Fsp3) is 0.571. The van der Waals surface area contributed by atoms with Crippen LogP contribution in [0.2, 0.25) is 0 Å². The topological polar surface area (TPSA) is 21.3 Å². The number of methoxy groups -OCH3 is 1. The number of halogens is 2. The van der Waals surface area contributed by atoms with E-state index >= 15 is 0 Å². The lowest BCUT2D eigenvalue weighted by molar-refractivity contribution is 0.186. The molecule has 1 saturated heterocycles. The van der Waals surface area contributed by atoms with E-state index in [9.17, 15) is 4.39 Å². The SMILES string of the molecule is COc1ccc(Br)cc1CC(F)C1CCNCC1. The molecule has 0 bridgehead atoms. The van der Waals surface area contributed by atoms with Gasteiger partial charge in [-0.25, -0.2) is 4.39 Å². The molecule has 4 heteroatoms. The Balaban J connectivity index is 2.05. The van der Waals surface area contributed by atoms with Crippen LogP contribution in [0, 0.1) is 5.92 Å². The summed E-state index contributed by atoms with van der Waals surface area (Å²) in [6.45, 7) is 1.86. The molecule has 1 aromatic carbocycles. The fourth-order valence-corrected chi connectivity index (χ4v) is 2.90. The van der Waals surface area contributed by atoms with Gasteiger partial charge in [0.25, 0.3) is 0 Å². The molecule has 0 aromatic heterocycles. The first-order valence-electron chi connectivity index (χ1n) is 6.38.